The number of halogens is 1. The number of nitrogens with one attached hydrogen (secondary N) is 1. The molecule has 0 spiro atoms. The standard InChI is InChI=1S/C19H25N7.ClH/c1-14-2-8-25-16(11-21-17(25)10-14)13-24-6-3-15(4-7-24)19-23-22-18-12-20-5-9-26(18)19;/h2,8,10-11,15,20H,3-7,9,12-13H2,1H3;1H. The molecule has 0 unspecified atom stereocenters. The predicted molar refractivity (Wildman–Crippen MR) is 106 cm³/mol. The minimum absolute atomic E-state index is 0. The molecule has 0 aliphatic carbocycles. The third-order valence-corrected chi connectivity index (χ3v) is 5.73. The van der Waals surface area contributed by atoms with Crippen LogP contribution in [0.2, 0.25) is 0 Å². The molecule has 2 aliphatic heterocycles. The Bertz CT molecular complexity index is 923. The first-order valence-electron chi connectivity index (χ1n) is 9.55. The van der Waals surface area contributed by atoms with Crippen molar-refractivity contribution in [2.45, 2.75) is 45.3 Å². The summed E-state index contributed by atoms with van der Waals surface area (Å²) in [6, 6.07) is 4.28. The van der Waals surface area contributed by atoms with Gasteiger partial charge in [-0.15, -0.1) is 22.6 Å². The zero-order chi connectivity index (χ0) is 17.5. The summed E-state index contributed by atoms with van der Waals surface area (Å²) < 4.78 is 4.55. The molecular weight excluding hydrogens is 362 g/mol. The molecule has 144 valence electrons. The average Bonchev–Trinajstić information content (AvgIpc) is 3.26. The molecule has 3 aromatic heterocycles. The first-order valence-corrected chi connectivity index (χ1v) is 9.55. The van der Waals surface area contributed by atoms with E-state index in [0.29, 0.717) is 5.92 Å². The maximum atomic E-state index is 4.56. The van der Waals surface area contributed by atoms with Gasteiger partial charge in [0, 0.05) is 31.7 Å². The molecule has 0 bridgehead atoms. The highest BCUT2D eigenvalue weighted by Crippen LogP contribution is 2.28. The molecule has 8 heteroatoms. The summed E-state index contributed by atoms with van der Waals surface area (Å²) in [7, 11) is 0. The second kappa shape index (κ2) is 7.58. The molecule has 1 N–H and O–H groups in total. The van der Waals surface area contributed by atoms with Gasteiger partial charge in [-0.1, -0.05) is 0 Å². The van der Waals surface area contributed by atoms with Crippen LogP contribution in [0, 0.1) is 6.92 Å². The van der Waals surface area contributed by atoms with Gasteiger partial charge in [0.05, 0.1) is 18.4 Å². The zero-order valence-corrected chi connectivity index (χ0v) is 16.5. The monoisotopic (exact) mass is 387 g/mol. The second-order valence-electron chi connectivity index (χ2n) is 7.54. The van der Waals surface area contributed by atoms with E-state index in [4.69, 9.17) is 0 Å². The Balaban J connectivity index is 0.00000180. The SMILES string of the molecule is Cc1ccn2c(CN3CCC(c4nnc5n4CCNC5)CC3)cnc2c1.Cl. The summed E-state index contributed by atoms with van der Waals surface area (Å²) in [6.45, 7) is 8.13. The fourth-order valence-electron chi connectivity index (χ4n) is 4.25. The third kappa shape index (κ3) is 3.47. The highest BCUT2D eigenvalue weighted by molar-refractivity contribution is 5.85. The lowest BCUT2D eigenvalue weighted by atomic mass is 9.95. The molecule has 0 atom stereocenters. The van der Waals surface area contributed by atoms with Crippen molar-refractivity contribution in [3.63, 3.8) is 0 Å². The molecule has 0 aromatic carbocycles. The second-order valence-corrected chi connectivity index (χ2v) is 7.54. The van der Waals surface area contributed by atoms with E-state index in [1.165, 1.54) is 17.1 Å². The van der Waals surface area contributed by atoms with Crippen molar-refractivity contribution in [2.24, 2.45) is 0 Å². The van der Waals surface area contributed by atoms with Crippen molar-refractivity contribution in [1.29, 1.82) is 0 Å². The number of aromatic nitrogens is 5. The van der Waals surface area contributed by atoms with Crippen LogP contribution >= 0.6 is 12.4 Å². The zero-order valence-electron chi connectivity index (χ0n) is 15.6. The molecular formula is C19H26ClN7. The lowest BCUT2D eigenvalue weighted by Gasteiger charge is -2.31. The molecule has 3 aromatic rings. The first-order chi connectivity index (χ1) is 12.8. The molecule has 5 heterocycles. The number of hydrogen-bond acceptors (Lipinski definition) is 5. The summed E-state index contributed by atoms with van der Waals surface area (Å²) in [4.78, 5) is 7.09. The number of piperidine rings is 1. The van der Waals surface area contributed by atoms with E-state index in [0.717, 1.165) is 63.6 Å². The summed E-state index contributed by atoms with van der Waals surface area (Å²) in [5.41, 5.74) is 3.56. The van der Waals surface area contributed by atoms with Crippen LogP contribution in [0.1, 0.15) is 41.7 Å². The number of fused-ring (bicyclic) bond motifs is 2. The van der Waals surface area contributed by atoms with Gasteiger partial charge in [-0.25, -0.2) is 4.98 Å². The predicted octanol–water partition coefficient (Wildman–Crippen LogP) is 2.14. The Labute approximate surface area is 165 Å². The summed E-state index contributed by atoms with van der Waals surface area (Å²) in [5.74, 6) is 2.83. The highest BCUT2D eigenvalue weighted by atomic mass is 35.5. The average molecular weight is 388 g/mol. The molecule has 0 saturated carbocycles. The van der Waals surface area contributed by atoms with E-state index < -0.39 is 0 Å². The van der Waals surface area contributed by atoms with Crippen LogP contribution in [0.25, 0.3) is 5.65 Å². The van der Waals surface area contributed by atoms with Crippen LogP contribution in [0.15, 0.2) is 24.5 Å². The van der Waals surface area contributed by atoms with Crippen molar-refractivity contribution >= 4 is 18.1 Å². The Kier molecular flexibility index (Phi) is 5.16. The van der Waals surface area contributed by atoms with E-state index in [1.54, 1.807) is 0 Å². The van der Waals surface area contributed by atoms with Crippen LogP contribution in [-0.2, 0) is 19.6 Å². The minimum Gasteiger partial charge on any atom is -0.312 e. The number of likely N-dealkylation sites (tertiary alicyclic amines) is 1. The molecule has 2 aliphatic rings. The Morgan fingerprint density at radius 3 is 2.89 bits per heavy atom. The van der Waals surface area contributed by atoms with Gasteiger partial charge in [0.15, 0.2) is 0 Å². The van der Waals surface area contributed by atoms with Gasteiger partial charge < -0.3 is 14.3 Å². The number of pyridine rings is 1. The van der Waals surface area contributed by atoms with Gasteiger partial charge in [-0.05, 0) is 50.6 Å². The van der Waals surface area contributed by atoms with E-state index >= 15 is 0 Å². The van der Waals surface area contributed by atoms with E-state index in [1.807, 2.05) is 6.20 Å². The van der Waals surface area contributed by atoms with Crippen molar-refractivity contribution in [3.05, 3.63) is 47.4 Å². The Hall–Kier alpha value is -1.96. The quantitative estimate of drug-likeness (QED) is 0.746. The summed E-state index contributed by atoms with van der Waals surface area (Å²) in [6.07, 6.45) is 6.46. The summed E-state index contributed by atoms with van der Waals surface area (Å²) >= 11 is 0. The van der Waals surface area contributed by atoms with E-state index in [2.05, 4.69) is 59.6 Å². The van der Waals surface area contributed by atoms with E-state index in [-0.39, 0.29) is 12.4 Å². The van der Waals surface area contributed by atoms with Crippen molar-refractivity contribution in [2.75, 3.05) is 19.6 Å². The fourth-order valence-corrected chi connectivity index (χ4v) is 4.25. The van der Waals surface area contributed by atoms with Crippen molar-refractivity contribution in [1.82, 2.24) is 34.4 Å². The van der Waals surface area contributed by atoms with Crippen molar-refractivity contribution < 1.29 is 0 Å². The number of imidazole rings is 1. The lowest BCUT2D eigenvalue weighted by Crippen LogP contribution is -2.35. The van der Waals surface area contributed by atoms with Gasteiger partial charge in [-0.2, -0.15) is 0 Å². The first kappa shape index (κ1) is 18.4. The third-order valence-electron chi connectivity index (χ3n) is 5.73. The van der Waals surface area contributed by atoms with Gasteiger partial charge in [0.25, 0.3) is 0 Å². The maximum Gasteiger partial charge on any atom is 0.147 e. The number of rotatable bonds is 3. The normalized spacial score (nSPS) is 18.4. The molecule has 1 fully saturated rings. The van der Waals surface area contributed by atoms with Crippen LogP contribution < -0.4 is 5.32 Å². The fraction of sp³-hybridized carbons (Fsp3) is 0.526. The van der Waals surface area contributed by atoms with Crippen LogP contribution in [-0.4, -0.2) is 48.7 Å². The Morgan fingerprint density at radius 1 is 1.19 bits per heavy atom. The number of aryl methyl sites for hydroxylation is 1. The number of hydrogen-bond donors (Lipinski definition) is 1. The highest BCUT2D eigenvalue weighted by Gasteiger charge is 2.27. The molecule has 7 nitrogen and oxygen atoms in total. The van der Waals surface area contributed by atoms with Crippen molar-refractivity contribution in [3.8, 4) is 0 Å². The molecule has 27 heavy (non-hydrogen) atoms. The van der Waals surface area contributed by atoms with Crippen LogP contribution in [0.4, 0.5) is 0 Å². The molecule has 5 rings (SSSR count). The maximum absolute atomic E-state index is 4.56. The summed E-state index contributed by atoms with van der Waals surface area (Å²) in [5, 5.41) is 12.3. The lowest BCUT2D eigenvalue weighted by molar-refractivity contribution is 0.197. The molecule has 0 radical (unpaired) electrons. The van der Waals surface area contributed by atoms with Crippen LogP contribution in [0.3, 0.4) is 0 Å². The van der Waals surface area contributed by atoms with Gasteiger partial charge in [0.1, 0.15) is 17.3 Å². The van der Waals surface area contributed by atoms with Gasteiger partial charge >= 0.3 is 0 Å². The molecule has 0 amide bonds. The van der Waals surface area contributed by atoms with Crippen LogP contribution in [0.5, 0.6) is 0 Å². The molecule has 1 saturated heterocycles. The Morgan fingerprint density at radius 2 is 2.04 bits per heavy atom. The smallest absolute Gasteiger partial charge is 0.147 e. The minimum atomic E-state index is 0. The van der Waals surface area contributed by atoms with Gasteiger partial charge in [-0.3, -0.25) is 4.90 Å². The van der Waals surface area contributed by atoms with E-state index in [9.17, 15) is 0 Å². The number of nitrogens with zero attached hydrogens (tertiary/aromatic N) is 6. The van der Waals surface area contributed by atoms with Gasteiger partial charge in [0.2, 0.25) is 0 Å². The largest absolute Gasteiger partial charge is 0.312 e. The topological polar surface area (TPSA) is 63.3 Å².